The molecule has 1 aromatic carbocycles. The monoisotopic (exact) mass is 381 g/mol. The van der Waals surface area contributed by atoms with Crippen molar-refractivity contribution in [2.24, 2.45) is 0 Å². The molecule has 1 amide bonds. The van der Waals surface area contributed by atoms with Crippen LogP contribution in [0.15, 0.2) is 67.1 Å². The van der Waals surface area contributed by atoms with Gasteiger partial charge in [0.05, 0.1) is 5.69 Å². The van der Waals surface area contributed by atoms with Gasteiger partial charge in [0.25, 0.3) is 5.91 Å². The van der Waals surface area contributed by atoms with Gasteiger partial charge in [-0.05, 0) is 61.9 Å². The summed E-state index contributed by atoms with van der Waals surface area (Å²) >= 11 is 5.87. The lowest BCUT2D eigenvalue weighted by Crippen LogP contribution is -2.46. The summed E-state index contributed by atoms with van der Waals surface area (Å²) in [7, 11) is 0. The van der Waals surface area contributed by atoms with Crippen molar-refractivity contribution in [1.29, 1.82) is 0 Å². The van der Waals surface area contributed by atoms with Crippen LogP contribution in [0.2, 0.25) is 5.02 Å². The van der Waals surface area contributed by atoms with Crippen LogP contribution in [0.3, 0.4) is 0 Å². The van der Waals surface area contributed by atoms with Gasteiger partial charge in [-0.15, -0.1) is 0 Å². The number of benzene rings is 1. The molecule has 3 aromatic rings. The smallest absolute Gasteiger partial charge is 0.263 e. The number of pyridine rings is 2. The minimum atomic E-state index is -1.02. The zero-order valence-electron chi connectivity index (χ0n) is 15.1. The summed E-state index contributed by atoms with van der Waals surface area (Å²) in [5.41, 5.74) is 1.67. The van der Waals surface area contributed by atoms with Gasteiger partial charge in [-0.1, -0.05) is 17.7 Å². The van der Waals surface area contributed by atoms with Crippen LogP contribution in [0, 0.1) is 0 Å². The summed E-state index contributed by atoms with van der Waals surface area (Å²) in [5, 5.41) is 3.51. The van der Waals surface area contributed by atoms with Gasteiger partial charge in [-0.3, -0.25) is 14.8 Å². The normalized spacial score (nSPS) is 11.1. The molecule has 2 heterocycles. The summed E-state index contributed by atoms with van der Waals surface area (Å²) in [4.78, 5) is 21.0. The first-order valence-corrected chi connectivity index (χ1v) is 8.90. The van der Waals surface area contributed by atoms with E-state index in [0.717, 1.165) is 16.8 Å². The number of aromatic nitrogens is 2. The molecule has 138 valence electrons. The highest BCUT2D eigenvalue weighted by molar-refractivity contribution is 6.30. The van der Waals surface area contributed by atoms with E-state index < -0.39 is 5.60 Å². The number of rotatable bonds is 6. The Labute approximate surface area is 163 Å². The standard InChI is InChI=1S/C21H20ClN3O2/c1-21(2,27-18-8-6-17(22)7-9-18)20(26)25-13-15-5-10-19(24-12-15)16-4-3-11-23-14-16/h3-12,14H,13H2,1-2H3,(H,25,26). The van der Waals surface area contributed by atoms with Gasteiger partial charge in [-0.2, -0.15) is 0 Å². The summed E-state index contributed by atoms with van der Waals surface area (Å²) < 4.78 is 5.79. The Morgan fingerprint density at radius 2 is 1.89 bits per heavy atom. The van der Waals surface area contributed by atoms with Crippen LogP contribution in [0.25, 0.3) is 11.3 Å². The molecule has 27 heavy (non-hydrogen) atoms. The highest BCUT2D eigenvalue weighted by Crippen LogP contribution is 2.21. The highest BCUT2D eigenvalue weighted by Gasteiger charge is 2.29. The van der Waals surface area contributed by atoms with Crippen molar-refractivity contribution in [1.82, 2.24) is 15.3 Å². The van der Waals surface area contributed by atoms with Gasteiger partial charge in [-0.25, -0.2) is 0 Å². The fraction of sp³-hybridized carbons (Fsp3) is 0.190. The Morgan fingerprint density at radius 3 is 2.52 bits per heavy atom. The van der Waals surface area contributed by atoms with E-state index in [-0.39, 0.29) is 5.91 Å². The van der Waals surface area contributed by atoms with E-state index >= 15 is 0 Å². The maximum Gasteiger partial charge on any atom is 0.263 e. The van der Waals surface area contributed by atoms with Crippen LogP contribution in [-0.2, 0) is 11.3 Å². The SMILES string of the molecule is CC(C)(Oc1ccc(Cl)cc1)C(=O)NCc1ccc(-c2cccnc2)nc1. The highest BCUT2D eigenvalue weighted by atomic mass is 35.5. The molecular weight excluding hydrogens is 362 g/mol. The maximum absolute atomic E-state index is 12.5. The van der Waals surface area contributed by atoms with Gasteiger partial charge in [0.15, 0.2) is 5.60 Å². The van der Waals surface area contributed by atoms with Crippen LogP contribution in [0.5, 0.6) is 5.75 Å². The van der Waals surface area contributed by atoms with Crippen molar-refractivity contribution in [3.8, 4) is 17.0 Å². The molecule has 0 fully saturated rings. The lowest BCUT2D eigenvalue weighted by Gasteiger charge is -2.25. The van der Waals surface area contributed by atoms with Crippen molar-refractivity contribution in [2.75, 3.05) is 0 Å². The second-order valence-corrected chi connectivity index (χ2v) is 6.98. The second-order valence-electron chi connectivity index (χ2n) is 6.54. The molecule has 5 nitrogen and oxygen atoms in total. The van der Waals surface area contributed by atoms with Crippen LogP contribution >= 0.6 is 11.6 Å². The van der Waals surface area contributed by atoms with Crippen molar-refractivity contribution < 1.29 is 9.53 Å². The Bertz CT molecular complexity index is 895. The first-order valence-electron chi connectivity index (χ1n) is 8.52. The Balaban J connectivity index is 1.58. The molecule has 0 aliphatic carbocycles. The molecule has 6 heteroatoms. The lowest BCUT2D eigenvalue weighted by atomic mass is 10.1. The predicted molar refractivity (Wildman–Crippen MR) is 105 cm³/mol. The molecule has 0 atom stereocenters. The number of hydrogen-bond donors (Lipinski definition) is 1. The number of carbonyl (C=O) groups excluding carboxylic acids is 1. The molecule has 1 N–H and O–H groups in total. The van der Waals surface area contributed by atoms with E-state index in [1.165, 1.54) is 0 Å². The predicted octanol–water partition coefficient (Wildman–Crippen LogP) is 4.27. The zero-order valence-corrected chi connectivity index (χ0v) is 15.9. The van der Waals surface area contributed by atoms with Crippen LogP contribution in [-0.4, -0.2) is 21.5 Å². The molecule has 0 unspecified atom stereocenters. The van der Waals surface area contributed by atoms with Gasteiger partial charge < -0.3 is 10.1 Å². The molecule has 3 rings (SSSR count). The van der Waals surface area contributed by atoms with Gasteiger partial charge >= 0.3 is 0 Å². The summed E-state index contributed by atoms with van der Waals surface area (Å²) in [6.07, 6.45) is 5.23. The van der Waals surface area contributed by atoms with Gasteiger partial charge in [0.2, 0.25) is 0 Å². The minimum absolute atomic E-state index is 0.214. The van der Waals surface area contributed by atoms with Gasteiger partial charge in [0.1, 0.15) is 5.75 Å². The van der Waals surface area contributed by atoms with E-state index in [1.54, 1.807) is 56.7 Å². The molecular formula is C21H20ClN3O2. The van der Waals surface area contributed by atoms with Gasteiger partial charge in [0, 0.05) is 35.7 Å². The largest absolute Gasteiger partial charge is 0.478 e. The van der Waals surface area contributed by atoms with Crippen LogP contribution in [0.1, 0.15) is 19.4 Å². The fourth-order valence-electron chi connectivity index (χ4n) is 2.45. The van der Waals surface area contributed by atoms with E-state index in [1.807, 2.05) is 24.3 Å². The van der Waals surface area contributed by atoms with Crippen LogP contribution < -0.4 is 10.1 Å². The van der Waals surface area contributed by atoms with E-state index in [2.05, 4.69) is 15.3 Å². The van der Waals surface area contributed by atoms with Crippen molar-refractivity contribution >= 4 is 17.5 Å². The van der Waals surface area contributed by atoms with Crippen molar-refractivity contribution in [3.05, 3.63) is 77.7 Å². The molecule has 2 aromatic heterocycles. The summed E-state index contributed by atoms with van der Waals surface area (Å²) in [6.45, 7) is 3.81. The average molecular weight is 382 g/mol. The molecule has 0 saturated carbocycles. The van der Waals surface area contributed by atoms with Crippen molar-refractivity contribution in [3.63, 3.8) is 0 Å². The minimum Gasteiger partial charge on any atom is -0.478 e. The van der Waals surface area contributed by atoms with E-state index in [4.69, 9.17) is 16.3 Å². The van der Waals surface area contributed by atoms with E-state index in [0.29, 0.717) is 17.3 Å². The third kappa shape index (κ3) is 5.05. The van der Waals surface area contributed by atoms with E-state index in [9.17, 15) is 4.79 Å². The number of nitrogens with zero attached hydrogens (tertiary/aromatic N) is 2. The number of amides is 1. The molecule has 0 spiro atoms. The first-order chi connectivity index (χ1) is 12.9. The average Bonchev–Trinajstić information content (AvgIpc) is 2.69. The third-order valence-corrected chi connectivity index (χ3v) is 4.22. The molecule has 0 aliphatic rings. The number of ether oxygens (including phenoxy) is 1. The summed E-state index contributed by atoms with van der Waals surface area (Å²) in [5.74, 6) is 0.371. The Hall–Kier alpha value is -2.92. The molecule has 0 saturated heterocycles. The number of halogens is 1. The lowest BCUT2D eigenvalue weighted by molar-refractivity contribution is -0.134. The number of hydrogen-bond acceptors (Lipinski definition) is 4. The summed E-state index contributed by atoms with van der Waals surface area (Å²) in [6, 6.07) is 14.6. The molecule has 0 radical (unpaired) electrons. The third-order valence-electron chi connectivity index (χ3n) is 3.97. The number of carbonyl (C=O) groups is 1. The van der Waals surface area contributed by atoms with Crippen molar-refractivity contribution in [2.45, 2.75) is 26.0 Å². The zero-order chi connectivity index (χ0) is 19.3. The molecule has 0 aliphatic heterocycles. The topological polar surface area (TPSA) is 64.1 Å². The van der Waals surface area contributed by atoms with Crippen LogP contribution in [0.4, 0.5) is 0 Å². The molecule has 0 bridgehead atoms. The number of nitrogens with one attached hydrogen (secondary N) is 1. The maximum atomic E-state index is 12.5. The Kier molecular flexibility index (Phi) is 5.72. The fourth-order valence-corrected chi connectivity index (χ4v) is 2.58. The second kappa shape index (κ2) is 8.18. The first kappa shape index (κ1) is 18.9. The Morgan fingerprint density at radius 1 is 1.11 bits per heavy atom. The quantitative estimate of drug-likeness (QED) is 0.692.